The molecule has 28 heavy (non-hydrogen) atoms. The molecule has 2 rings (SSSR count). The topological polar surface area (TPSA) is 80.2 Å². The number of guanidine groups is 1. The second-order valence-corrected chi connectivity index (χ2v) is 7.25. The number of nitrogens with one attached hydrogen (secondary N) is 2. The summed E-state index contributed by atoms with van der Waals surface area (Å²) in [6.45, 7) is 10.3. The van der Waals surface area contributed by atoms with Crippen LogP contribution in [0.5, 0.6) is 0 Å². The van der Waals surface area contributed by atoms with Gasteiger partial charge in [-0.15, -0.1) is 0 Å². The summed E-state index contributed by atoms with van der Waals surface area (Å²) in [7, 11) is 0. The maximum Gasteiger partial charge on any atom is 0.234 e. The van der Waals surface area contributed by atoms with E-state index in [0.29, 0.717) is 12.1 Å². The molecule has 3 N–H and O–H groups in total. The van der Waals surface area contributed by atoms with Gasteiger partial charge in [-0.2, -0.15) is 0 Å². The molecule has 0 aromatic heterocycles. The van der Waals surface area contributed by atoms with Crippen LogP contribution in [0.3, 0.4) is 0 Å². The summed E-state index contributed by atoms with van der Waals surface area (Å²) in [5, 5.41) is 16.5. The minimum absolute atomic E-state index is 0.0476. The smallest absolute Gasteiger partial charge is 0.234 e. The first kappa shape index (κ1) is 22.1. The van der Waals surface area contributed by atoms with E-state index in [9.17, 15) is 14.3 Å². The zero-order valence-electron chi connectivity index (χ0n) is 17.0. The second kappa shape index (κ2) is 11.0. The Morgan fingerprint density at radius 1 is 1.21 bits per heavy atom. The normalized spacial score (nSPS) is 16.9. The summed E-state index contributed by atoms with van der Waals surface area (Å²) < 4.78 is 13.0. The van der Waals surface area contributed by atoms with E-state index in [-0.39, 0.29) is 24.3 Å². The molecule has 0 saturated carbocycles. The van der Waals surface area contributed by atoms with Crippen molar-refractivity contribution in [2.24, 2.45) is 4.99 Å². The van der Waals surface area contributed by atoms with Crippen LogP contribution in [0.15, 0.2) is 29.3 Å². The third kappa shape index (κ3) is 7.09. The molecule has 156 valence electrons. The number of hydrogen-bond donors (Lipinski definition) is 3. The molecular formula is C20H32FN5O2. The van der Waals surface area contributed by atoms with Gasteiger partial charge in [0.05, 0.1) is 19.2 Å². The number of nitrogens with zero attached hydrogens (tertiary/aromatic N) is 3. The van der Waals surface area contributed by atoms with E-state index in [2.05, 4.69) is 25.4 Å². The van der Waals surface area contributed by atoms with Gasteiger partial charge in [0.2, 0.25) is 5.91 Å². The first-order valence-corrected chi connectivity index (χ1v) is 9.87. The molecule has 1 aromatic rings. The number of halogens is 1. The van der Waals surface area contributed by atoms with E-state index >= 15 is 0 Å². The Kier molecular flexibility index (Phi) is 8.66. The molecule has 1 aliphatic rings. The molecule has 1 saturated heterocycles. The van der Waals surface area contributed by atoms with E-state index in [4.69, 9.17) is 0 Å². The molecule has 1 unspecified atom stereocenters. The van der Waals surface area contributed by atoms with Crippen LogP contribution in [0.1, 0.15) is 32.4 Å². The van der Waals surface area contributed by atoms with Gasteiger partial charge in [-0.25, -0.2) is 4.39 Å². The maximum absolute atomic E-state index is 13.0. The Morgan fingerprint density at radius 3 is 2.43 bits per heavy atom. The molecule has 1 fully saturated rings. The molecule has 0 aliphatic carbocycles. The van der Waals surface area contributed by atoms with E-state index in [1.54, 1.807) is 12.1 Å². The lowest BCUT2D eigenvalue weighted by Crippen LogP contribution is -2.54. The number of aliphatic hydroxyl groups is 1. The summed E-state index contributed by atoms with van der Waals surface area (Å²) in [5.41, 5.74) is 0.641. The molecule has 1 amide bonds. The summed E-state index contributed by atoms with van der Waals surface area (Å²) in [4.78, 5) is 20.7. The van der Waals surface area contributed by atoms with Gasteiger partial charge in [-0.05, 0) is 38.5 Å². The van der Waals surface area contributed by atoms with Crippen molar-refractivity contribution in [3.63, 3.8) is 0 Å². The number of benzene rings is 1. The van der Waals surface area contributed by atoms with Crippen molar-refractivity contribution in [1.29, 1.82) is 0 Å². The number of carbonyl (C=O) groups is 1. The summed E-state index contributed by atoms with van der Waals surface area (Å²) >= 11 is 0. The molecule has 1 heterocycles. The highest BCUT2D eigenvalue weighted by Crippen LogP contribution is 2.14. The Bertz CT molecular complexity index is 643. The minimum atomic E-state index is -0.782. The number of rotatable bonds is 7. The molecule has 1 aromatic carbocycles. The highest BCUT2D eigenvalue weighted by molar-refractivity contribution is 5.80. The van der Waals surface area contributed by atoms with Crippen LogP contribution < -0.4 is 10.6 Å². The number of hydrogen-bond acceptors (Lipinski definition) is 4. The molecule has 0 radical (unpaired) electrons. The summed E-state index contributed by atoms with van der Waals surface area (Å²) in [5.74, 6) is 0.467. The van der Waals surface area contributed by atoms with Crippen LogP contribution in [-0.4, -0.2) is 78.6 Å². The first-order chi connectivity index (χ1) is 13.4. The van der Waals surface area contributed by atoms with E-state index < -0.39 is 6.10 Å². The van der Waals surface area contributed by atoms with E-state index in [1.165, 1.54) is 12.1 Å². The van der Waals surface area contributed by atoms with Gasteiger partial charge in [-0.1, -0.05) is 12.1 Å². The fourth-order valence-electron chi connectivity index (χ4n) is 3.08. The molecule has 1 atom stereocenters. The van der Waals surface area contributed by atoms with Crippen LogP contribution in [-0.2, 0) is 4.79 Å². The average molecular weight is 394 g/mol. The van der Waals surface area contributed by atoms with Gasteiger partial charge < -0.3 is 20.6 Å². The summed E-state index contributed by atoms with van der Waals surface area (Å²) in [6, 6.07) is 5.96. The molecule has 1 aliphatic heterocycles. The lowest BCUT2D eigenvalue weighted by Gasteiger charge is -2.36. The molecule has 0 spiro atoms. The number of aliphatic hydroxyl groups excluding tert-OH is 1. The Labute approximate surface area is 166 Å². The number of carbonyl (C=O) groups excluding carboxylic acids is 1. The molecule has 7 nitrogen and oxygen atoms in total. The lowest BCUT2D eigenvalue weighted by atomic mass is 10.1. The van der Waals surface area contributed by atoms with Crippen LogP contribution in [0.25, 0.3) is 0 Å². The van der Waals surface area contributed by atoms with Gasteiger partial charge in [0.1, 0.15) is 5.82 Å². The molecule has 0 bridgehead atoms. The maximum atomic E-state index is 13.0. The second-order valence-electron chi connectivity index (χ2n) is 7.25. The van der Waals surface area contributed by atoms with E-state index in [1.807, 2.05) is 20.8 Å². The van der Waals surface area contributed by atoms with Gasteiger partial charge in [-0.3, -0.25) is 14.7 Å². The van der Waals surface area contributed by atoms with Crippen LogP contribution in [0.2, 0.25) is 0 Å². The van der Waals surface area contributed by atoms with Crippen molar-refractivity contribution in [1.82, 2.24) is 20.4 Å². The Balaban J connectivity index is 1.88. The fourth-order valence-corrected chi connectivity index (χ4v) is 3.08. The van der Waals surface area contributed by atoms with Gasteiger partial charge in [0.15, 0.2) is 5.96 Å². The van der Waals surface area contributed by atoms with Gasteiger partial charge >= 0.3 is 0 Å². The standard InChI is InChI=1S/C20H32FN5O2/c1-4-22-20(23-13-18(27)16-5-7-17(21)8-6-16)26-11-9-25(10-12-26)14-19(28)24-15(2)3/h5-8,15,18,27H,4,9-14H2,1-3H3,(H,22,23)(H,24,28). The predicted octanol–water partition coefficient (Wildman–Crippen LogP) is 0.967. The van der Waals surface area contributed by atoms with E-state index in [0.717, 1.165) is 38.7 Å². The van der Waals surface area contributed by atoms with Gasteiger partial charge in [0.25, 0.3) is 0 Å². The quantitative estimate of drug-likeness (QED) is 0.475. The van der Waals surface area contributed by atoms with Crippen LogP contribution in [0, 0.1) is 5.82 Å². The van der Waals surface area contributed by atoms with Crippen molar-refractivity contribution in [3.05, 3.63) is 35.6 Å². The first-order valence-electron chi connectivity index (χ1n) is 9.87. The number of piperazine rings is 1. The molecule has 8 heteroatoms. The zero-order valence-corrected chi connectivity index (χ0v) is 17.0. The highest BCUT2D eigenvalue weighted by atomic mass is 19.1. The third-order valence-corrected chi connectivity index (χ3v) is 4.49. The Hall–Kier alpha value is -2.19. The monoisotopic (exact) mass is 393 g/mol. The lowest BCUT2D eigenvalue weighted by molar-refractivity contribution is -0.123. The van der Waals surface area contributed by atoms with Crippen LogP contribution >= 0.6 is 0 Å². The average Bonchev–Trinajstić information content (AvgIpc) is 2.65. The third-order valence-electron chi connectivity index (χ3n) is 4.49. The predicted molar refractivity (Wildman–Crippen MR) is 109 cm³/mol. The Morgan fingerprint density at radius 2 is 1.86 bits per heavy atom. The number of amides is 1. The molecular weight excluding hydrogens is 361 g/mol. The largest absolute Gasteiger partial charge is 0.386 e. The van der Waals surface area contributed by atoms with Crippen molar-refractivity contribution >= 4 is 11.9 Å². The van der Waals surface area contributed by atoms with Crippen molar-refractivity contribution in [3.8, 4) is 0 Å². The summed E-state index contributed by atoms with van der Waals surface area (Å²) in [6.07, 6.45) is -0.782. The van der Waals surface area contributed by atoms with Crippen molar-refractivity contribution in [2.45, 2.75) is 32.9 Å². The fraction of sp³-hybridized carbons (Fsp3) is 0.600. The highest BCUT2D eigenvalue weighted by Gasteiger charge is 2.21. The van der Waals surface area contributed by atoms with Gasteiger partial charge in [0, 0.05) is 38.8 Å². The van der Waals surface area contributed by atoms with Crippen molar-refractivity contribution < 1.29 is 14.3 Å². The van der Waals surface area contributed by atoms with Crippen LogP contribution in [0.4, 0.5) is 4.39 Å². The minimum Gasteiger partial charge on any atom is -0.386 e. The SMILES string of the molecule is CCNC(=NCC(O)c1ccc(F)cc1)N1CCN(CC(=O)NC(C)C)CC1. The zero-order chi connectivity index (χ0) is 20.5. The number of aliphatic imine (C=N–C) groups is 1. The van der Waals surface area contributed by atoms with Crippen molar-refractivity contribution in [2.75, 3.05) is 45.8 Å².